The van der Waals surface area contributed by atoms with Crippen LogP contribution in [0.1, 0.15) is 13.3 Å². The summed E-state index contributed by atoms with van der Waals surface area (Å²) in [6.45, 7) is 3.07. The molecular weight excluding hydrogens is 100 g/mol. The molecular formula is C6H12N2. The second kappa shape index (κ2) is 2.27. The number of hydrogen-bond acceptors (Lipinski definition) is 2. The molecule has 2 nitrogen and oxygen atoms in total. The van der Waals surface area contributed by atoms with E-state index in [1.807, 2.05) is 6.21 Å². The average molecular weight is 112 g/mol. The minimum absolute atomic E-state index is 0.606. The van der Waals surface area contributed by atoms with Crippen LogP contribution in [0.15, 0.2) is 4.99 Å². The molecule has 0 aromatic rings. The lowest BCUT2D eigenvalue weighted by Crippen LogP contribution is -2.26. The normalized spacial score (nSPS) is 29.5. The third kappa shape index (κ3) is 0.892. The Kier molecular flexibility index (Phi) is 1.63. The third-order valence-electron chi connectivity index (χ3n) is 1.57. The lowest BCUT2D eigenvalue weighted by molar-refractivity contribution is 0.328. The maximum absolute atomic E-state index is 4.12. The molecule has 0 amide bonds. The van der Waals surface area contributed by atoms with Crippen molar-refractivity contribution in [1.29, 1.82) is 0 Å². The molecule has 0 radical (unpaired) electrons. The molecule has 1 atom stereocenters. The van der Waals surface area contributed by atoms with E-state index in [9.17, 15) is 0 Å². The number of hydrogen-bond donors (Lipinski definition) is 0. The zero-order valence-electron chi connectivity index (χ0n) is 5.46. The van der Waals surface area contributed by atoms with E-state index in [1.165, 1.54) is 6.42 Å². The first-order valence-corrected chi connectivity index (χ1v) is 3.04. The van der Waals surface area contributed by atoms with E-state index in [-0.39, 0.29) is 0 Å². The van der Waals surface area contributed by atoms with E-state index in [0.717, 1.165) is 6.67 Å². The second-order valence-corrected chi connectivity index (χ2v) is 2.21. The summed E-state index contributed by atoms with van der Waals surface area (Å²) in [5, 5.41) is 0. The van der Waals surface area contributed by atoms with Crippen LogP contribution in [0, 0.1) is 0 Å². The van der Waals surface area contributed by atoms with Crippen LogP contribution in [0.3, 0.4) is 0 Å². The maximum Gasteiger partial charge on any atom is 0.0909 e. The lowest BCUT2D eigenvalue weighted by atomic mass is 10.2. The van der Waals surface area contributed by atoms with Gasteiger partial charge in [-0.15, -0.1) is 0 Å². The Morgan fingerprint density at radius 1 is 1.88 bits per heavy atom. The van der Waals surface area contributed by atoms with Gasteiger partial charge in [0.1, 0.15) is 0 Å². The Balaban J connectivity index is 2.41. The molecule has 1 rings (SSSR count). The predicted molar refractivity (Wildman–Crippen MR) is 35.2 cm³/mol. The molecule has 0 saturated carbocycles. The summed E-state index contributed by atoms with van der Waals surface area (Å²) in [6, 6.07) is 0.606. The first kappa shape index (κ1) is 5.76. The Labute approximate surface area is 50.2 Å². The minimum atomic E-state index is 0.606. The van der Waals surface area contributed by atoms with Gasteiger partial charge in [-0.3, -0.25) is 9.89 Å². The van der Waals surface area contributed by atoms with Gasteiger partial charge in [0.15, 0.2) is 0 Å². The highest BCUT2D eigenvalue weighted by atomic mass is 15.2. The molecule has 1 unspecified atom stereocenters. The van der Waals surface area contributed by atoms with Crippen molar-refractivity contribution in [2.75, 3.05) is 13.7 Å². The molecule has 46 valence electrons. The predicted octanol–water partition coefficient (Wildman–Crippen LogP) is 0.739. The zero-order valence-corrected chi connectivity index (χ0v) is 5.46. The first-order chi connectivity index (χ1) is 3.84. The summed E-state index contributed by atoms with van der Waals surface area (Å²) in [5.74, 6) is 0. The molecule has 2 heteroatoms. The molecule has 8 heavy (non-hydrogen) atoms. The van der Waals surface area contributed by atoms with Gasteiger partial charge in [0.25, 0.3) is 0 Å². The molecule has 0 spiro atoms. The van der Waals surface area contributed by atoms with Crippen LogP contribution in [0.5, 0.6) is 0 Å². The fraction of sp³-hybridized carbons (Fsp3) is 0.833. The quantitative estimate of drug-likeness (QED) is 0.488. The molecule has 0 aromatic carbocycles. The van der Waals surface area contributed by atoms with Gasteiger partial charge < -0.3 is 0 Å². The van der Waals surface area contributed by atoms with E-state index in [2.05, 4.69) is 23.9 Å². The van der Waals surface area contributed by atoms with Gasteiger partial charge in [-0.05, 0) is 13.5 Å². The van der Waals surface area contributed by atoms with E-state index >= 15 is 0 Å². The van der Waals surface area contributed by atoms with Gasteiger partial charge >= 0.3 is 0 Å². The summed E-state index contributed by atoms with van der Waals surface area (Å²) < 4.78 is 0. The van der Waals surface area contributed by atoms with Crippen LogP contribution in [-0.2, 0) is 0 Å². The Morgan fingerprint density at radius 2 is 2.62 bits per heavy atom. The van der Waals surface area contributed by atoms with Crippen molar-refractivity contribution >= 4 is 6.21 Å². The van der Waals surface area contributed by atoms with E-state index < -0.39 is 0 Å². The van der Waals surface area contributed by atoms with Crippen molar-refractivity contribution in [2.45, 2.75) is 19.4 Å². The van der Waals surface area contributed by atoms with Gasteiger partial charge in [-0.1, -0.05) is 6.92 Å². The minimum Gasteiger partial charge on any atom is -0.280 e. The molecule has 1 heterocycles. The molecule has 0 aliphatic carbocycles. The van der Waals surface area contributed by atoms with Crippen LogP contribution < -0.4 is 0 Å². The molecule has 0 saturated heterocycles. The molecule has 0 N–H and O–H groups in total. The Morgan fingerprint density at radius 3 is 2.88 bits per heavy atom. The van der Waals surface area contributed by atoms with Crippen molar-refractivity contribution in [3.05, 3.63) is 0 Å². The Hall–Kier alpha value is -0.370. The Bertz CT molecular complexity index is 98.7. The molecule has 0 bridgehead atoms. The molecule has 1 aliphatic heterocycles. The van der Waals surface area contributed by atoms with Crippen LogP contribution in [-0.4, -0.2) is 30.9 Å². The van der Waals surface area contributed by atoms with Crippen molar-refractivity contribution in [2.24, 2.45) is 4.99 Å². The largest absolute Gasteiger partial charge is 0.280 e. The number of aliphatic imine (C=N–C) groups is 1. The van der Waals surface area contributed by atoms with Crippen LogP contribution in [0.25, 0.3) is 0 Å². The van der Waals surface area contributed by atoms with Crippen molar-refractivity contribution in [1.82, 2.24) is 4.90 Å². The van der Waals surface area contributed by atoms with Gasteiger partial charge in [-0.25, -0.2) is 0 Å². The topological polar surface area (TPSA) is 15.6 Å². The lowest BCUT2D eigenvalue weighted by Gasteiger charge is -2.13. The summed E-state index contributed by atoms with van der Waals surface area (Å²) >= 11 is 0. The van der Waals surface area contributed by atoms with Crippen molar-refractivity contribution in [3.63, 3.8) is 0 Å². The standard InChI is InChI=1S/C6H12N2/c1-3-6-4-7-5-8(6)2/h4,6H,3,5H2,1-2H3. The molecule has 0 fully saturated rings. The number of rotatable bonds is 1. The fourth-order valence-electron chi connectivity index (χ4n) is 0.933. The monoisotopic (exact) mass is 112 g/mol. The van der Waals surface area contributed by atoms with Crippen LogP contribution in [0.2, 0.25) is 0 Å². The van der Waals surface area contributed by atoms with Gasteiger partial charge in [-0.2, -0.15) is 0 Å². The highest BCUT2D eigenvalue weighted by molar-refractivity contribution is 5.65. The van der Waals surface area contributed by atoms with E-state index in [4.69, 9.17) is 0 Å². The van der Waals surface area contributed by atoms with Crippen molar-refractivity contribution < 1.29 is 0 Å². The SMILES string of the molecule is CCC1C=NCN1C. The summed E-state index contributed by atoms with van der Waals surface area (Å²) in [5.41, 5.74) is 0. The van der Waals surface area contributed by atoms with Gasteiger partial charge in [0.05, 0.1) is 6.67 Å². The summed E-state index contributed by atoms with van der Waals surface area (Å²) in [7, 11) is 2.10. The van der Waals surface area contributed by atoms with E-state index in [0.29, 0.717) is 6.04 Å². The van der Waals surface area contributed by atoms with Crippen LogP contribution >= 0.6 is 0 Å². The van der Waals surface area contributed by atoms with Gasteiger partial charge in [0.2, 0.25) is 0 Å². The first-order valence-electron chi connectivity index (χ1n) is 3.04. The third-order valence-corrected chi connectivity index (χ3v) is 1.57. The smallest absolute Gasteiger partial charge is 0.0909 e. The van der Waals surface area contributed by atoms with Gasteiger partial charge in [0, 0.05) is 12.3 Å². The second-order valence-electron chi connectivity index (χ2n) is 2.21. The average Bonchev–Trinajstić information content (AvgIpc) is 2.14. The summed E-state index contributed by atoms with van der Waals surface area (Å²) in [6.07, 6.45) is 3.21. The maximum atomic E-state index is 4.12. The van der Waals surface area contributed by atoms with E-state index in [1.54, 1.807) is 0 Å². The summed E-state index contributed by atoms with van der Waals surface area (Å²) in [4.78, 5) is 6.35. The highest BCUT2D eigenvalue weighted by Crippen LogP contribution is 2.03. The fourth-order valence-corrected chi connectivity index (χ4v) is 0.933. The zero-order chi connectivity index (χ0) is 5.98. The van der Waals surface area contributed by atoms with Crippen molar-refractivity contribution in [3.8, 4) is 0 Å². The number of nitrogens with zero attached hydrogens (tertiary/aromatic N) is 2. The molecule has 0 aromatic heterocycles. The van der Waals surface area contributed by atoms with Crippen LogP contribution in [0.4, 0.5) is 0 Å². The molecule has 1 aliphatic rings. The highest BCUT2D eigenvalue weighted by Gasteiger charge is 2.12.